The van der Waals surface area contributed by atoms with E-state index in [0.717, 1.165) is 18.8 Å². The van der Waals surface area contributed by atoms with Crippen LogP contribution in [-0.4, -0.2) is 43.7 Å². The number of rotatable bonds is 10. The molecular formula is C25H44N2O. The fourth-order valence-electron chi connectivity index (χ4n) is 4.08. The van der Waals surface area contributed by atoms with E-state index in [1.807, 2.05) is 0 Å². The van der Waals surface area contributed by atoms with Crippen LogP contribution in [0, 0.1) is 6.92 Å². The highest BCUT2D eigenvalue weighted by Crippen LogP contribution is 2.32. The largest absolute Gasteiger partial charge is 0.493 e. The summed E-state index contributed by atoms with van der Waals surface area (Å²) in [7, 11) is 0. The van der Waals surface area contributed by atoms with Gasteiger partial charge in [0.15, 0.2) is 0 Å². The Labute approximate surface area is 174 Å². The molecule has 1 N–H and O–H groups in total. The highest BCUT2D eigenvalue weighted by molar-refractivity contribution is 5.41. The molecule has 0 spiro atoms. The lowest BCUT2D eigenvalue weighted by atomic mass is 9.85. The van der Waals surface area contributed by atoms with Crippen molar-refractivity contribution >= 4 is 0 Å². The zero-order valence-corrected chi connectivity index (χ0v) is 19.2. The quantitative estimate of drug-likeness (QED) is 0.521. The van der Waals surface area contributed by atoms with E-state index < -0.39 is 0 Å². The first-order valence-corrected chi connectivity index (χ1v) is 11.6. The third-order valence-electron chi connectivity index (χ3n) is 5.75. The molecule has 3 nitrogen and oxygen atoms in total. The Morgan fingerprint density at radius 1 is 1.07 bits per heavy atom. The summed E-state index contributed by atoms with van der Waals surface area (Å²) >= 11 is 0. The molecule has 1 aliphatic rings. The van der Waals surface area contributed by atoms with E-state index >= 15 is 0 Å². The first-order chi connectivity index (χ1) is 13.4. The number of benzene rings is 1. The molecule has 28 heavy (non-hydrogen) atoms. The lowest BCUT2D eigenvalue weighted by molar-refractivity contribution is 0.265. The number of hydrogen-bond acceptors (Lipinski definition) is 3. The summed E-state index contributed by atoms with van der Waals surface area (Å²) in [6.45, 7) is 17.0. The van der Waals surface area contributed by atoms with Crippen LogP contribution in [0.5, 0.6) is 5.75 Å². The Bertz CT molecular complexity index is 564. The molecule has 0 unspecified atom stereocenters. The third kappa shape index (κ3) is 8.53. The fraction of sp³-hybridized carbons (Fsp3) is 0.760. The van der Waals surface area contributed by atoms with Crippen molar-refractivity contribution in [3.63, 3.8) is 0 Å². The molecule has 0 radical (unpaired) electrons. The Morgan fingerprint density at radius 3 is 2.54 bits per heavy atom. The van der Waals surface area contributed by atoms with E-state index in [0.29, 0.717) is 6.04 Å². The summed E-state index contributed by atoms with van der Waals surface area (Å²) in [5.41, 5.74) is 2.76. The highest BCUT2D eigenvalue weighted by atomic mass is 16.5. The minimum atomic E-state index is 0.128. The standard InChI is InChI=1S/C25H44N2O/c1-21-13-14-24(23(19-21)25(3,4)5)28-18-11-9-7-6-8-10-16-27-17-12-15-26-22(2)20-27/h13-14,19,22,26H,6-12,15-18,20H2,1-5H3/t22-/m0/s1. The van der Waals surface area contributed by atoms with Gasteiger partial charge in [0.2, 0.25) is 0 Å². The zero-order valence-electron chi connectivity index (χ0n) is 19.2. The monoisotopic (exact) mass is 388 g/mol. The Hall–Kier alpha value is -1.06. The fourth-order valence-corrected chi connectivity index (χ4v) is 4.08. The van der Waals surface area contributed by atoms with Gasteiger partial charge >= 0.3 is 0 Å². The van der Waals surface area contributed by atoms with Crippen LogP contribution in [0.15, 0.2) is 18.2 Å². The van der Waals surface area contributed by atoms with E-state index in [9.17, 15) is 0 Å². The van der Waals surface area contributed by atoms with Crippen LogP contribution < -0.4 is 10.1 Å². The number of aryl methyl sites for hydroxylation is 1. The molecule has 0 saturated carbocycles. The van der Waals surface area contributed by atoms with Gasteiger partial charge in [0.1, 0.15) is 5.75 Å². The summed E-state index contributed by atoms with van der Waals surface area (Å²) in [6, 6.07) is 7.23. The van der Waals surface area contributed by atoms with Gasteiger partial charge in [0.05, 0.1) is 6.61 Å². The van der Waals surface area contributed by atoms with Gasteiger partial charge in [-0.2, -0.15) is 0 Å². The normalized spacial score (nSPS) is 18.8. The molecule has 1 aromatic carbocycles. The smallest absolute Gasteiger partial charge is 0.123 e. The third-order valence-corrected chi connectivity index (χ3v) is 5.75. The van der Waals surface area contributed by atoms with Crippen LogP contribution >= 0.6 is 0 Å². The van der Waals surface area contributed by atoms with Crippen molar-refractivity contribution < 1.29 is 4.74 Å². The van der Waals surface area contributed by atoms with E-state index in [4.69, 9.17) is 4.74 Å². The number of nitrogens with one attached hydrogen (secondary N) is 1. The van der Waals surface area contributed by atoms with Crippen molar-refractivity contribution in [3.05, 3.63) is 29.3 Å². The first kappa shape index (κ1) is 23.2. The van der Waals surface area contributed by atoms with Crippen molar-refractivity contribution in [1.82, 2.24) is 10.2 Å². The highest BCUT2D eigenvalue weighted by Gasteiger charge is 2.19. The predicted octanol–water partition coefficient (Wildman–Crippen LogP) is 5.70. The minimum absolute atomic E-state index is 0.128. The predicted molar refractivity (Wildman–Crippen MR) is 122 cm³/mol. The molecule has 160 valence electrons. The van der Waals surface area contributed by atoms with E-state index in [-0.39, 0.29) is 5.41 Å². The SMILES string of the molecule is Cc1ccc(OCCCCCCCCN2CCCN[C@@H](C)C2)c(C(C)(C)C)c1. The van der Waals surface area contributed by atoms with Gasteiger partial charge in [-0.1, -0.05) is 64.2 Å². The van der Waals surface area contributed by atoms with Crippen LogP contribution in [0.3, 0.4) is 0 Å². The van der Waals surface area contributed by atoms with Crippen molar-refractivity contribution in [3.8, 4) is 5.75 Å². The summed E-state index contributed by atoms with van der Waals surface area (Å²) in [5.74, 6) is 1.07. The van der Waals surface area contributed by atoms with Gasteiger partial charge < -0.3 is 15.0 Å². The second kappa shape index (κ2) is 11.8. The Morgan fingerprint density at radius 2 is 1.79 bits per heavy atom. The van der Waals surface area contributed by atoms with Crippen LogP contribution in [0.25, 0.3) is 0 Å². The van der Waals surface area contributed by atoms with E-state index in [1.165, 1.54) is 75.8 Å². The summed E-state index contributed by atoms with van der Waals surface area (Å²) in [6.07, 6.45) is 9.14. The molecule has 1 fully saturated rings. The van der Waals surface area contributed by atoms with Gasteiger partial charge in [-0.3, -0.25) is 0 Å². The molecule has 1 aliphatic heterocycles. The molecular weight excluding hydrogens is 344 g/mol. The van der Waals surface area contributed by atoms with Crippen molar-refractivity contribution in [1.29, 1.82) is 0 Å². The lowest BCUT2D eigenvalue weighted by Crippen LogP contribution is -2.35. The van der Waals surface area contributed by atoms with Crippen LogP contribution in [0.2, 0.25) is 0 Å². The van der Waals surface area contributed by atoms with Gasteiger partial charge in [0.25, 0.3) is 0 Å². The van der Waals surface area contributed by atoms with Gasteiger partial charge in [-0.05, 0) is 69.8 Å². The second-order valence-electron chi connectivity index (χ2n) is 9.73. The minimum Gasteiger partial charge on any atom is -0.493 e. The van der Waals surface area contributed by atoms with E-state index in [2.05, 4.69) is 63.0 Å². The zero-order chi connectivity index (χ0) is 20.4. The first-order valence-electron chi connectivity index (χ1n) is 11.6. The Kier molecular flexibility index (Phi) is 9.81. The number of hydrogen-bond donors (Lipinski definition) is 1. The maximum atomic E-state index is 6.13. The molecule has 0 aliphatic carbocycles. The van der Waals surface area contributed by atoms with Crippen molar-refractivity contribution in [2.24, 2.45) is 0 Å². The molecule has 1 atom stereocenters. The molecule has 1 saturated heterocycles. The van der Waals surface area contributed by atoms with Crippen LogP contribution in [0.4, 0.5) is 0 Å². The second-order valence-corrected chi connectivity index (χ2v) is 9.73. The summed E-state index contributed by atoms with van der Waals surface area (Å²) in [5, 5.41) is 3.58. The molecule has 0 amide bonds. The average molecular weight is 389 g/mol. The maximum absolute atomic E-state index is 6.13. The summed E-state index contributed by atoms with van der Waals surface area (Å²) < 4.78 is 6.13. The molecule has 3 heteroatoms. The number of nitrogens with zero attached hydrogens (tertiary/aromatic N) is 1. The number of ether oxygens (including phenoxy) is 1. The van der Waals surface area contributed by atoms with Gasteiger partial charge in [-0.25, -0.2) is 0 Å². The molecule has 2 rings (SSSR count). The molecule has 1 aromatic rings. The Balaban J connectivity index is 1.54. The van der Waals surface area contributed by atoms with Gasteiger partial charge in [-0.15, -0.1) is 0 Å². The molecule has 0 aromatic heterocycles. The van der Waals surface area contributed by atoms with Crippen LogP contribution in [0.1, 0.15) is 83.8 Å². The lowest BCUT2D eigenvalue weighted by Gasteiger charge is -2.23. The van der Waals surface area contributed by atoms with Gasteiger partial charge in [0, 0.05) is 12.6 Å². The van der Waals surface area contributed by atoms with Crippen LogP contribution in [-0.2, 0) is 5.41 Å². The molecule has 1 heterocycles. The summed E-state index contributed by atoms with van der Waals surface area (Å²) in [4.78, 5) is 2.65. The molecule has 0 bridgehead atoms. The topological polar surface area (TPSA) is 24.5 Å². The maximum Gasteiger partial charge on any atom is 0.123 e. The van der Waals surface area contributed by atoms with Crippen molar-refractivity contribution in [2.45, 2.75) is 91.0 Å². The van der Waals surface area contributed by atoms with Crippen molar-refractivity contribution in [2.75, 3.05) is 32.8 Å². The average Bonchev–Trinajstić information content (AvgIpc) is 2.84. The van der Waals surface area contributed by atoms with E-state index in [1.54, 1.807) is 0 Å². The number of unbranched alkanes of at least 4 members (excludes halogenated alkanes) is 5.